The van der Waals surface area contributed by atoms with E-state index in [9.17, 15) is 18.4 Å². The van der Waals surface area contributed by atoms with E-state index in [2.05, 4.69) is 0 Å². The molecular formula is C15H14F2NO3S+. The first-order valence-electron chi connectivity index (χ1n) is 6.98. The number of thioether (sulfide) groups is 1. The molecule has 0 spiro atoms. The molecular weight excluding hydrogens is 312 g/mol. The number of rotatable bonds is 3. The summed E-state index contributed by atoms with van der Waals surface area (Å²) in [5, 5.41) is 0.602. The van der Waals surface area contributed by atoms with Gasteiger partial charge in [0.1, 0.15) is 0 Å². The second kappa shape index (κ2) is 5.48. The summed E-state index contributed by atoms with van der Waals surface area (Å²) in [6, 6.07) is 1.91. The van der Waals surface area contributed by atoms with Gasteiger partial charge in [-0.25, -0.2) is 13.6 Å². The van der Waals surface area contributed by atoms with Gasteiger partial charge >= 0.3 is 5.97 Å². The second-order valence-electron chi connectivity index (χ2n) is 4.99. The lowest BCUT2D eigenvalue weighted by Gasteiger charge is -2.40. The molecule has 22 heavy (non-hydrogen) atoms. The molecule has 0 amide bonds. The van der Waals surface area contributed by atoms with Crippen LogP contribution in [-0.4, -0.2) is 23.7 Å². The summed E-state index contributed by atoms with van der Waals surface area (Å²) in [6.07, 6.45) is 0.770. The molecule has 2 aliphatic rings. The molecule has 116 valence electrons. The van der Waals surface area contributed by atoms with E-state index in [1.54, 1.807) is 6.92 Å². The first kappa shape index (κ1) is 15.2. The number of quaternary nitrogens is 1. The topological polar surface area (TPSA) is 47.8 Å². The first-order chi connectivity index (χ1) is 10.5. The van der Waals surface area contributed by atoms with Gasteiger partial charge in [-0.15, -0.1) is 0 Å². The molecule has 3 rings (SSSR count). The van der Waals surface area contributed by atoms with E-state index < -0.39 is 23.4 Å². The van der Waals surface area contributed by atoms with E-state index >= 15 is 0 Å². The molecule has 1 aromatic carbocycles. The lowest BCUT2D eigenvalue weighted by Crippen LogP contribution is -3.14. The van der Waals surface area contributed by atoms with Crippen LogP contribution in [0.25, 0.3) is 0 Å². The van der Waals surface area contributed by atoms with Gasteiger partial charge in [-0.1, -0.05) is 6.92 Å². The van der Waals surface area contributed by atoms with E-state index in [1.165, 1.54) is 11.8 Å². The zero-order valence-corrected chi connectivity index (χ0v) is 12.9. The summed E-state index contributed by atoms with van der Waals surface area (Å²) in [4.78, 5) is 25.3. The van der Waals surface area contributed by atoms with Gasteiger partial charge in [0.25, 0.3) is 0 Å². The highest BCUT2D eigenvalue weighted by molar-refractivity contribution is 8.04. The van der Waals surface area contributed by atoms with Gasteiger partial charge in [0.15, 0.2) is 33.3 Å². The van der Waals surface area contributed by atoms with Gasteiger partial charge in [0, 0.05) is 12.5 Å². The SMILES string of the molecule is CCOC(=O)C1=C2SC(CC)[NH+]2c2cc(F)c(F)cc2C1=O. The molecule has 0 radical (unpaired) electrons. The summed E-state index contributed by atoms with van der Waals surface area (Å²) >= 11 is 1.40. The van der Waals surface area contributed by atoms with Crippen molar-refractivity contribution >= 4 is 29.2 Å². The Bertz CT molecular complexity index is 717. The van der Waals surface area contributed by atoms with Gasteiger partial charge < -0.3 is 4.74 Å². The number of hydrogen-bond donors (Lipinski definition) is 1. The third-order valence-electron chi connectivity index (χ3n) is 3.73. The van der Waals surface area contributed by atoms with Crippen LogP contribution in [0.15, 0.2) is 22.7 Å². The van der Waals surface area contributed by atoms with Crippen LogP contribution in [0.4, 0.5) is 14.5 Å². The van der Waals surface area contributed by atoms with Crippen molar-refractivity contribution in [3.63, 3.8) is 0 Å². The fraction of sp³-hybridized carbons (Fsp3) is 0.333. The number of ether oxygens (including phenoxy) is 1. The number of carbonyl (C=O) groups is 2. The fourth-order valence-electron chi connectivity index (χ4n) is 2.71. The summed E-state index contributed by atoms with van der Waals surface area (Å²) in [7, 11) is 0. The minimum absolute atomic E-state index is 0.0273. The minimum Gasteiger partial charge on any atom is -0.462 e. The summed E-state index contributed by atoms with van der Waals surface area (Å²) in [5.74, 6) is -3.41. The molecule has 2 unspecified atom stereocenters. The van der Waals surface area contributed by atoms with Gasteiger partial charge in [-0.3, -0.25) is 9.69 Å². The van der Waals surface area contributed by atoms with Gasteiger partial charge in [0.05, 0.1) is 12.2 Å². The number of benzene rings is 1. The Labute approximate surface area is 130 Å². The molecule has 7 heteroatoms. The number of fused-ring (bicyclic) bond motifs is 3. The van der Waals surface area contributed by atoms with Crippen molar-refractivity contribution in [3.8, 4) is 0 Å². The van der Waals surface area contributed by atoms with Crippen LogP contribution in [0.5, 0.6) is 0 Å². The molecule has 2 atom stereocenters. The van der Waals surface area contributed by atoms with Crippen molar-refractivity contribution in [2.24, 2.45) is 0 Å². The van der Waals surface area contributed by atoms with Crippen LogP contribution < -0.4 is 4.90 Å². The lowest BCUT2D eigenvalue weighted by atomic mass is 9.97. The number of esters is 1. The second-order valence-corrected chi connectivity index (χ2v) is 6.21. The van der Waals surface area contributed by atoms with Crippen LogP contribution in [0.1, 0.15) is 30.6 Å². The van der Waals surface area contributed by atoms with Crippen molar-refractivity contribution in [2.75, 3.05) is 6.61 Å². The molecule has 0 saturated carbocycles. The Hall–Kier alpha value is -1.73. The van der Waals surface area contributed by atoms with E-state index in [0.717, 1.165) is 23.5 Å². The smallest absolute Gasteiger partial charge is 0.348 e. The van der Waals surface area contributed by atoms with Crippen LogP contribution in [-0.2, 0) is 9.53 Å². The Kier molecular flexibility index (Phi) is 3.78. The fourth-order valence-corrected chi connectivity index (χ4v) is 4.01. The van der Waals surface area contributed by atoms with Gasteiger partial charge in [-0.2, -0.15) is 0 Å². The molecule has 1 fully saturated rings. The Morgan fingerprint density at radius 2 is 2.00 bits per heavy atom. The molecule has 2 heterocycles. The maximum atomic E-state index is 13.6. The van der Waals surface area contributed by atoms with Crippen molar-refractivity contribution in [1.82, 2.24) is 0 Å². The highest BCUT2D eigenvalue weighted by Gasteiger charge is 2.52. The number of hydrogen-bond acceptors (Lipinski definition) is 4. The monoisotopic (exact) mass is 326 g/mol. The number of ketones is 1. The Morgan fingerprint density at radius 1 is 1.32 bits per heavy atom. The van der Waals surface area contributed by atoms with Crippen molar-refractivity contribution < 1.29 is 28.0 Å². The number of nitrogens with one attached hydrogen (secondary N) is 1. The molecule has 0 aromatic heterocycles. The number of Topliss-reactive ketones (excluding diaryl/α,β-unsaturated/α-hetero) is 1. The highest BCUT2D eigenvalue weighted by atomic mass is 32.2. The third-order valence-corrected chi connectivity index (χ3v) is 5.24. The summed E-state index contributed by atoms with van der Waals surface area (Å²) < 4.78 is 32.0. The Morgan fingerprint density at radius 3 is 2.64 bits per heavy atom. The summed E-state index contributed by atoms with van der Waals surface area (Å²) in [5.41, 5.74) is 0.349. The van der Waals surface area contributed by atoms with Crippen LogP contribution >= 0.6 is 11.8 Å². The largest absolute Gasteiger partial charge is 0.462 e. The van der Waals surface area contributed by atoms with E-state index in [4.69, 9.17) is 4.74 Å². The highest BCUT2D eigenvalue weighted by Crippen LogP contribution is 2.38. The Balaban J connectivity index is 2.15. The van der Waals surface area contributed by atoms with Crippen LogP contribution in [0.2, 0.25) is 0 Å². The molecule has 0 aliphatic carbocycles. The maximum absolute atomic E-state index is 13.6. The normalized spacial score (nSPS) is 22.8. The molecule has 0 bridgehead atoms. The van der Waals surface area contributed by atoms with E-state index in [0.29, 0.717) is 10.7 Å². The van der Waals surface area contributed by atoms with E-state index in [1.807, 2.05) is 6.92 Å². The molecule has 1 aromatic rings. The molecule has 4 nitrogen and oxygen atoms in total. The predicted molar refractivity (Wildman–Crippen MR) is 76.6 cm³/mol. The zero-order valence-electron chi connectivity index (χ0n) is 12.0. The van der Waals surface area contributed by atoms with Crippen LogP contribution in [0, 0.1) is 11.6 Å². The average molecular weight is 326 g/mol. The maximum Gasteiger partial charge on any atom is 0.348 e. The standard InChI is InChI=1S/C15H13F2NO3S/c1-3-11-18-10-6-9(17)8(16)5-7(10)13(19)12(14(18)22-11)15(20)21-4-2/h5-6,11H,3-4H2,1-2H3/p+1. The lowest BCUT2D eigenvalue weighted by molar-refractivity contribution is -0.809. The first-order valence-corrected chi connectivity index (χ1v) is 7.86. The van der Waals surface area contributed by atoms with E-state index in [-0.39, 0.29) is 23.1 Å². The number of carbonyl (C=O) groups excluding carboxylic acids is 2. The molecule has 2 aliphatic heterocycles. The average Bonchev–Trinajstić information content (AvgIpc) is 2.44. The van der Waals surface area contributed by atoms with Gasteiger partial charge in [-0.05, 0) is 24.8 Å². The molecule has 1 N–H and O–H groups in total. The molecule has 1 saturated heterocycles. The van der Waals surface area contributed by atoms with Crippen molar-refractivity contribution in [3.05, 3.63) is 39.9 Å². The predicted octanol–water partition coefficient (Wildman–Crippen LogP) is 1.94. The number of halogens is 2. The van der Waals surface area contributed by atoms with Crippen molar-refractivity contribution in [1.29, 1.82) is 0 Å². The van der Waals surface area contributed by atoms with Crippen LogP contribution in [0.3, 0.4) is 0 Å². The summed E-state index contributed by atoms with van der Waals surface area (Å²) in [6.45, 7) is 3.75. The zero-order chi connectivity index (χ0) is 16.0. The van der Waals surface area contributed by atoms with Crippen molar-refractivity contribution in [2.45, 2.75) is 25.6 Å². The van der Waals surface area contributed by atoms with Gasteiger partial charge in [0.2, 0.25) is 5.78 Å². The third kappa shape index (κ3) is 2.07. The quantitative estimate of drug-likeness (QED) is 0.681. The minimum atomic E-state index is -1.10.